The first kappa shape index (κ1) is 22.8. The minimum Gasteiger partial charge on any atom is -0.495 e. The number of thiocarbonyl (C=S) groups is 1. The molecule has 0 radical (unpaired) electrons. The van der Waals surface area contributed by atoms with Crippen LogP contribution in [0.3, 0.4) is 0 Å². The molecule has 0 aliphatic rings. The van der Waals surface area contributed by atoms with Gasteiger partial charge in [-0.1, -0.05) is 47.5 Å². The molecule has 0 saturated carbocycles. The van der Waals surface area contributed by atoms with E-state index >= 15 is 0 Å². The maximum Gasteiger partial charge on any atom is 0.344 e. The molecule has 2 N–H and O–H groups in total. The van der Waals surface area contributed by atoms with Gasteiger partial charge in [-0.05, 0) is 54.7 Å². The van der Waals surface area contributed by atoms with Gasteiger partial charge in [0.2, 0.25) is 0 Å². The Morgan fingerprint density at radius 3 is 2.48 bits per heavy atom. The van der Waals surface area contributed by atoms with E-state index in [1.54, 1.807) is 48.5 Å². The van der Waals surface area contributed by atoms with Crippen LogP contribution in [0.4, 0.5) is 5.69 Å². The minimum atomic E-state index is -0.489. The molecule has 4 aromatic rings. The number of benzene rings is 3. The number of hydrogen-bond acceptors (Lipinski definition) is 5. The summed E-state index contributed by atoms with van der Waals surface area (Å²) in [5, 5.41) is 6.96. The molecule has 0 spiro atoms. The topological polar surface area (TPSA) is 80.6 Å². The third kappa shape index (κ3) is 5.01. The van der Waals surface area contributed by atoms with Crippen LogP contribution >= 0.6 is 35.4 Å². The molecule has 0 saturated heterocycles. The summed E-state index contributed by atoms with van der Waals surface area (Å²) in [4.78, 5) is 24.9. The lowest BCUT2D eigenvalue weighted by molar-refractivity contribution is 0.0977. The Morgan fingerprint density at radius 2 is 1.76 bits per heavy atom. The van der Waals surface area contributed by atoms with Crippen LogP contribution in [0.15, 0.2) is 75.9 Å². The van der Waals surface area contributed by atoms with Crippen LogP contribution in [0.25, 0.3) is 22.1 Å². The third-order valence-corrected chi connectivity index (χ3v) is 5.61. The number of anilines is 1. The number of fused-ring (bicyclic) bond motifs is 1. The van der Waals surface area contributed by atoms with Crippen molar-refractivity contribution in [2.75, 3.05) is 12.4 Å². The second-order valence-corrected chi connectivity index (χ2v) is 8.16. The second-order valence-electron chi connectivity index (χ2n) is 6.94. The summed E-state index contributed by atoms with van der Waals surface area (Å²) < 4.78 is 10.5. The number of rotatable bonds is 4. The fourth-order valence-corrected chi connectivity index (χ4v) is 3.96. The Labute approximate surface area is 204 Å². The van der Waals surface area contributed by atoms with Gasteiger partial charge in [-0.3, -0.25) is 10.1 Å². The van der Waals surface area contributed by atoms with E-state index in [0.29, 0.717) is 43.8 Å². The molecule has 0 bridgehead atoms. The van der Waals surface area contributed by atoms with E-state index in [1.165, 1.54) is 13.2 Å². The molecule has 4 rings (SSSR count). The standard InChI is InChI=1S/C24H16Cl2N2O4S/c1-31-21-9-6-14(11-19(21)26)22(29)28-24(33)27-15-7-8-16(18(25)12-15)17-10-13-4-2-3-5-20(13)32-23(17)30/h2-12H,1H3,(H2,27,28,29,33). The van der Waals surface area contributed by atoms with Gasteiger partial charge in [0.25, 0.3) is 5.91 Å². The van der Waals surface area contributed by atoms with Crippen molar-refractivity contribution in [3.8, 4) is 16.9 Å². The number of carbonyl (C=O) groups is 1. The number of methoxy groups -OCH3 is 1. The molecule has 0 fully saturated rings. The fraction of sp³-hybridized carbons (Fsp3) is 0.0417. The van der Waals surface area contributed by atoms with E-state index in [4.69, 9.17) is 44.6 Å². The summed E-state index contributed by atoms with van der Waals surface area (Å²) in [5.41, 5.74) is 1.73. The molecule has 0 atom stereocenters. The summed E-state index contributed by atoms with van der Waals surface area (Å²) in [6.45, 7) is 0. The maximum absolute atomic E-state index is 12.4. The van der Waals surface area contributed by atoms with Crippen molar-refractivity contribution in [2.24, 2.45) is 0 Å². The number of halogens is 2. The normalized spacial score (nSPS) is 10.6. The van der Waals surface area contributed by atoms with Gasteiger partial charge in [0, 0.05) is 22.2 Å². The van der Waals surface area contributed by atoms with Crippen LogP contribution < -0.4 is 21.0 Å². The van der Waals surface area contributed by atoms with Crippen LogP contribution in [0.2, 0.25) is 10.0 Å². The zero-order valence-electron chi connectivity index (χ0n) is 17.1. The van der Waals surface area contributed by atoms with Crippen LogP contribution in [-0.4, -0.2) is 18.1 Å². The SMILES string of the molecule is COc1ccc(C(=O)NC(=S)Nc2ccc(-c3cc4ccccc4oc3=O)c(Cl)c2)cc1Cl. The first-order valence-corrected chi connectivity index (χ1v) is 10.8. The third-order valence-electron chi connectivity index (χ3n) is 4.80. The summed E-state index contributed by atoms with van der Waals surface area (Å²) in [6.07, 6.45) is 0. The van der Waals surface area contributed by atoms with Gasteiger partial charge in [-0.2, -0.15) is 0 Å². The maximum atomic E-state index is 12.4. The molecule has 1 aromatic heterocycles. The van der Waals surface area contributed by atoms with Gasteiger partial charge in [0.1, 0.15) is 11.3 Å². The van der Waals surface area contributed by atoms with E-state index in [9.17, 15) is 9.59 Å². The van der Waals surface area contributed by atoms with Crippen LogP contribution in [0, 0.1) is 0 Å². The van der Waals surface area contributed by atoms with Crippen LogP contribution in [-0.2, 0) is 0 Å². The van der Waals surface area contributed by atoms with E-state index in [0.717, 1.165) is 5.39 Å². The molecule has 0 unspecified atom stereocenters. The van der Waals surface area contributed by atoms with Gasteiger partial charge in [-0.25, -0.2) is 4.79 Å². The monoisotopic (exact) mass is 498 g/mol. The highest BCUT2D eigenvalue weighted by Gasteiger charge is 2.14. The van der Waals surface area contributed by atoms with E-state index < -0.39 is 11.5 Å². The van der Waals surface area contributed by atoms with Gasteiger partial charge in [0.15, 0.2) is 5.11 Å². The predicted molar refractivity (Wildman–Crippen MR) is 135 cm³/mol. The largest absolute Gasteiger partial charge is 0.495 e. The molecular weight excluding hydrogens is 483 g/mol. The van der Waals surface area contributed by atoms with Crippen molar-refractivity contribution < 1.29 is 13.9 Å². The Kier molecular flexibility index (Phi) is 6.65. The summed E-state index contributed by atoms with van der Waals surface area (Å²) in [6, 6.07) is 18.6. The van der Waals surface area contributed by atoms with E-state index in [-0.39, 0.29) is 5.11 Å². The number of carbonyl (C=O) groups excluding carboxylic acids is 1. The summed E-state index contributed by atoms with van der Waals surface area (Å²) in [5.74, 6) is 0.0256. The summed E-state index contributed by atoms with van der Waals surface area (Å²) in [7, 11) is 1.49. The van der Waals surface area contributed by atoms with Gasteiger partial charge in [-0.15, -0.1) is 0 Å². The average Bonchev–Trinajstić information content (AvgIpc) is 2.79. The first-order chi connectivity index (χ1) is 15.9. The zero-order chi connectivity index (χ0) is 23.5. The van der Waals surface area contributed by atoms with Crippen molar-refractivity contribution in [3.05, 3.63) is 92.8 Å². The zero-order valence-corrected chi connectivity index (χ0v) is 19.5. The van der Waals surface area contributed by atoms with Gasteiger partial charge >= 0.3 is 5.63 Å². The van der Waals surface area contributed by atoms with Crippen molar-refractivity contribution >= 4 is 63.1 Å². The van der Waals surface area contributed by atoms with Crippen LogP contribution in [0.1, 0.15) is 10.4 Å². The van der Waals surface area contributed by atoms with Crippen molar-refractivity contribution in [1.82, 2.24) is 5.32 Å². The molecule has 0 aliphatic heterocycles. The van der Waals surface area contributed by atoms with Crippen molar-refractivity contribution in [1.29, 1.82) is 0 Å². The first-order valence-electron chi connectivity index (χ1n) is 9.64. The van der Waals surface area contributed by atoms with Crippen molar-refractivity contribution in [3.63, 3.8) is 0 Å². The molecule has 33 heavy (non-hydrogen) atoms. The molecular formula is C24H16Cl2N2O4S. The quantitative estimate of drug-likeness (QED) is 0.269. The molecule has 1 amide bonds. The second kappa shape index (κ2) is 9.62. The highest BCUT2D eigenvalue weighted by Crippen LogP contribution is 2.30. The van der Waals surface area contributed by atoms with Gasteiger partial charge < -0.3 is 14.5 Å². The highest BCUT2D eigenvalue weighted by atomic mass is 35.5. The highest BCUT2D eigenvalue weighted by molar-refractivity contribution is 7.80. The lowest BCUT2D eigenvalue weighted by Crippen LogP contribution is -2.34. The Morgan fingerprint density at radius 1 is 0.970 bits per heavy atom. The molecule has 0 aliphatic carbocycles. The van der Waals surface area contributed by atoms with E-state index in [2.05, 4.69) is 10.6 Å². The summed E-state index contributed by atoms with van der Waals surface area (Å²) >= 11 is 17.7. The lowest BCUT2D eigenvalue weighted by atomic mass is 10.1. The smallest absolute Gasteiger partial charge is 0.344 e. The van der Waals surface area contributed by atoms with Crippen molar-refractivity contribution in [2.45, 2.75) is 0 Å². The number of ether oxygens (including phenoxy) is 1. The Balaban J connectivity index is 1.50. The average molecular weight is 499 g/mol. The molecule has 6 nitrogen and oxygen atoms in total. The number of amides is 1. The van der Waals surface area contributed by atoms with Gasteiger partial charge in [0.05, 0.1) is 22.7 Å². The van der Waals surface area contributed by atoms with E-state index in [1.807, 2.05) is 12.1 Å². The Hall–Kier alpha value is -3.39. The lowest BCUT2D eigenvalue weighted by Gasteiger charge is -2.12. The molecule has 3 aromatic carbocycles. The predicted octanol–water partition coefficient (Wildman–Crippen LogP) is 5.90. The van der Waals surface area contributed by atoms with Crippen LogP contribution in [0.5, 0.6) is 5.75 Å². The number of hydrogen-bond donors (Lipinski definition) is 2. The fourth-order valence-electron chi connectivity index (χ4n) is 3.21. The number of nitrogens with one attached hydrogen (secondary N) is 2. The molecule has 1 heterocycles. The minimum absolute atomic E-state index is 0.0703. The molecule has 166 valence electrons. The molecule has 9 heteroatoms. The Bertz CT molecular complexity index is 1450. The number of para-hydroxylation sites is 1.